The van der Waals surface area contributed by atoms with E-state index < -0.39 is 0 Å². The summed E-state index contributed by atoms with van der Waals surface area (Å²) in [6, 6.07) is 4.09. The van der Waals surface area contributed by atoms with Crippen LogP contribution in [0, 0.1) is 6.92 Å². The summed E-state index contributed by atoms with van der Waals surface area (Å²) in [5.41, 5.74) is 1.20. The Bertz CT molecular complexity index is 259. The van der Waals surface area contributed by atoms with E-state index in [0.717, 1.165) is 25.4 Å². The lowest BCUT2D eigenvalue weighted by Gasteiger charge is -2.05. The number of rotatable bonds is 7. The SMILES string of the molecule is COCCCCCNc1ccc(C)cn1. The first-order valence-corrected chi connectivity index (χ1v) is 5.48. The van der Waals surface area contributed by atoms with Crippen LogP contribution >= 0.6 is 0 Å². The third kappa shape index (κ3) is 5.37. The van der Waals surface area contributed by atoms with Crippen LogP contribution < -0.4 is 5.32 Å². The second-order valence-electron chi connectivity index (χ2n) is 3.70. The van der Waals surface area contributed by atoms with Gasteiger partial charge < -0.3 is 10.1 Å². The Kier molecular flexibility index (Phi) is 5.78. The third-order valence-corrected chi connectivity index (χ3v) is 2.24. The molecule has 1 aromatic rings. The summed E-state index contributed by atoms with van der Waals surface area (Å²) in [4.78, 5) is 4.28. The average Bonchev–Trinajstić information content (AvgIpc) is 2.26. The molecule has 0 aliphatic carbocycles. The molecule has 3 nitrogen and oxygen atoms in total. The van der Waals surface area contributed by atoms with Crippen molar-refractivity contribution >= 4 is 5.82 Å². The van der Waals surface area contributed by atoms with Gasteiger partial charge >= 0.3 is 0 Å². The predicted molar refractivity (Wildman–Crippen MR) is 63.2 cm³/mol. The van der Waals surface area contributed by atoms with E-state index in [9.17, 15) is 0 Å². The van der Waals surface area contributed by atoms with Crippen LogP contribution in [0.1, 0.15) is 24.8 Å². The Hall–Kier alpha value is -1.09. The zero-order valence-electron chi connectivity index (χ0n) is 9.62. The molecule has 1 aromatic heterocycles. The molecule has 0 atom stereocenters. The molecule has 0 aliphatic heterocycles. The van der Waals surface area contributed by atoms with Crippen LogP contribution in [0.4, 0.5) is 5.82 Å². The molecule has 1 rings (SSSR count). The molecule has 0 bridgehead atoms. The molecule has 1 N–H and O–H groups in total. The van der Waals surface area contributed by atoms with Crippen molar-refractivity contribution in [2.45, 2.75) is 26.2 Å². The van der Waals surface area contributed by atoms with E-state index in [1.54, 1.807) is 7.11 Å². The van der Waals surface area contributed by atoms with E-state index in [-0.39, 0.29) is 0 Å². The summed E-state index contributed by atoms with van der Waals surface area (Å²) in [5.74, 6) is 0.965. The first-order chi connectivity index (χ1) is 7.33. The number of aryl methyl sites for hydroxylation is 1. The highest BCUT2D eigenvalue weighted by molar-refractivity contribution is 5.34. The molecule has 84 valence electrons. The van der Waals surface area contributed by atoms with Gasteiger partial charge in [0.05, 0.1) is 0 Å². The van der Waals surface area contributed by atoms with Crippen LogP contribution in [0.5, 0.6) is 0 Å². The van der Waals surface area contributed by atoms with E-state index in [1.807, 2.05) is 19.2 Å². The van der Waals surface area contributed by atoms with Gasteiger partial charge in [-0.25, -0.2) is 4.98 Å². The molecule has 3 heteroatoms. The number of hydrogen-bond acceptors (Lipinski definition) is 3. The Balaban J connectivity index is 2.07. The maximum Gasteiger partial charge on any atom is 0.125 e. The molecule has 15 heavy (non-hydrogen) atoms. The fourth-order valence-electron chi connectivity index (χ4n) is 1.34. The number of unbranched alkanes of at least 4 members (excludes halogenated alkanes) is 2. The van der Waals surface area contributed by atoms with E-state index in [0.29, 0.717) is 0 Å². The van der Waals surface area contributed by atoms with Crippen LogP contribution in [0.25, 0.3) is 0 Å². The van der Waals surface area contributed by atoms with Crippen LogP contribution in [-0.2, 0) is 4.74 Å². The van der Waals surface area contributed by atoms with Crippen molar-refractivity contribution < 1.29 is 4.74 Å². The van der Waals surface area contributed by atoms with Crippen molar-refractivity contribution in [1.29, 1.82) is 0 Å². The van der Waals surface area contributed by atoms with Crippen LogP contribution in [0.15, 0.2) is 18.3 Å². The highest BCUT2D eigenvalue weighted by Gasteiger charge is 1.92. The molecule has 0 unspecified atom stereocenters. The molecule has 0 fully saturated rings. The summed E-state index contributed by atoms with van der Waals surface area (Å²) in [7, 11) is 1.74. The summed E-state index contributed by atoms with van der Waals surface area (Å²) in [5, 5.41) is 3.30. The number of hydrogen-bond donors (Lipinski definition) is 1. The van der Waals surface area contributed by atoms with Crippen LogP contribution in [0.3, 0.4) is 0 Å². The normalized spacial score (nSPS) is 10.3. The Morgan fingerprint density at radius 2 is 2.13 bits per heavy atom. The van der Waals surface area contributed by atoms with E-state index in [1.165, 1.54) is 18.4 Å². The van der Waals surface area contributed by atoms with Gasteiger partial charge in [0.2, 0.25) is 0 Å². The third-order valence-electron chi connectivity index (χ3n) is 2.24. The Morgan fingerprint density at radius 3 is 2.80 bits per heavy atom. The van der Waals surface area contributed by atoms with Gasteiger partial charge in [-0.15, -0.1) is 0 Å². The standard InChI is InChI=1S/C12H20N2O/c1-11-6-7-12(14-10-11)13-8-4-3-5-9-15-2/h6-7,10H,3-5,8-9H2,1-2H3,(H,13,14). The number of nitrogens with zero attached hydrogens (tertiary/aromatic N) is 1. The van der Waals surface area contributed by atoms with Crippen molar-refractivity contribution in [3.05, 3.63) is 23.9 Å². The Morgan fingerprint density at radius 1 is 1.27 bits per heavy atom. The zero-order chi connectivity index (χ0) is 10.9. The van der Waals surface area contributed by atoms with Crippen molar-refractivity contribution in [2.24, 2.45) is 0 Å². The molecule has 0 radical (unpaired) electrons. The van der Waals surface area contributed by atoms with E-state index in [4.69, 9.17) is 4.74 Å². The molecule has 0 saturated heterocycles. The van der Waals surface area contributed by atoms with Gasteiger partial charge in [-0.3, -0.25) is 0 Å². The van der Waals surface area contributed by atoms with Gasteiger partial charge in [-0.05, 0) is 37.8 Å². The quantitative estimate of drug-likeness (QED) is 0.699. The maximum atomic E-state index is 4.99. The molecular weight excluding hydrogens is 188 g/mol. The minimum Gasteiger partial charge on any atom is -0.385 e. The minimum absolute atomic E-state index is 0.864. The fraction of sp³-hybridized carbons (Fsp3) is 0.583. The van der Waals surface area contributed by atoms with Gasteiger partial charge in [0, 0.05) is 26.5 Å². The summed E-state index contributed by atoms with van der Waals surface area (Å²) < 4.78 is 4.99. The number of aromatic nitrogens is 1. The average molecular weight is 208 g/mol. The first kappa shape index (κ1) is 12.0. The van der Waals surface area contributed by atoms with Crippen molar-refractivity contribution in [2.75, 3.05) is 25.6 Å². The lowest BCUT2D eigenvalue weighted by molar-refractivity contribution is 0.192. The molecule has 0 spiro atoms. The van der Waals surface area contributed by atoms with Crippen molar-refractivity contribution in [3.8, 4) is 0 Å². The highest BCUT2D eigenvalue weighted by atomic mass is 16.5. The molecular formula is C12H20N2O. The van der Waals surface area contributed by atoms with Crippen LogP contribution in [0.2, 0.25) is 0 Å². The molecule has 0 saturated carbocycles. The maximum absolute atomic E-state index is 4.99. The molecule has 0 aromatic carbocycles. The Labute approximate surface area is 91.9 Å². The number of methoxy groups -OCH3 is 1. The lowest BCUT2D eigenvalue weighted by Crippen LogP contribution is -2.03. The van der Waals surface area contributed by atoms with Crippen molar-refractivity contribution in [3.63, 3.8) is 0 Å². The summed E-state index contributed by atoms with van der Waals surface area (Å²) in [6.45, 7) is 3.89. The molecule has 0 aliphatic rings. The van der Waals surface area contributed by atoms with E-state index in [2.05, 4.69) is 16.4 Å². The number of ether oxygens (including phenoxy) is 1. The number of anilines is 1. The molecule has 0 amide bonds. The summed E-state index contributed by atoms with van der Waals surface area (Å²) >= 11 is 0. The first-order valence-electron chi connectivity index (χ1n) is 5.48. The highest BCUT2D eigenvalue weighted by Crippen LogP contribution is 2.04. The fourth-order valence-corrected chi connectivity index (χ4v) is 1.34. The topological polar surface area (TPSA) is 34.1 Å². The van der Waals surface area contributed by atoms with Gasteiger partial charge in [-0.2, -0.15) is 0 Å². The lowest BCUT2D eigenvalue weighted by atomic mass is 10.2. The zero-order valence-corrected chi connectivity index (χ0v) is 9.62. The monoisotopic (exact) mass is 208 g/mol. The summed E-state index contributed by atoms with van der Waals surface area (Å²) in [6.07, 6.45) is 5.39. The minimum atomic E-state index is 0.864. The van der Waals surface area contributed by atoms with Gasteiger partial charge in [0.15, 0.2) is 0 Å². The smallest absolute Gasteiger partial charge is 0.125 e. The van der Waals surface area contributed by atoms with Gasteiger partial charge in [-0.1, -0.05) is 6.07 Å². The predicted octanol–water partition coefficient (Wildman–Crippen LogP) is 2.62. The second-order valence-corrected chi connectivity index (χ2v) is 3.70. The second kappa shape index (κ2) is 7.23. The van der Waals surface area contributed by atoms with E-state index >= 15 is 0 Å². The van der Waals surface area contributed by atoms with Gasteiger partial charge in [0.1, 0.15) is 5.82 Å². The van der Waals surface area contributed by atoms with Crippen molar-refractivity contribution in [1.82, 2.24) is 4.98 Å². The van der Waals surface area contributed by atoms with Gasteiger partial charge in [0.25, 0.3) is 0 Å². The number of nitrogens with one attached hydrogen (secondary N) is 1. The largest absolute Gasteiger partial charge is 0.385 e. The number of pyridine rings is 1. The van der Waals surface area contributed by atoms with Crippen LogP contribution in [-0.4, -0.2) is 25.2 Å². The molecule has 1 heterocycles.